The monoisotopic (exact) mass is 245 g/mol. The molecule has 1 heterocycles. The zero-order valence-electron chi connectivity index (χ0n) is 11.6. The molecule has 1 saturated carbocycles. The summed E-state index contributed by atoms with van der Waals surface area (Å²) in [5.41, 5.74) is 4.64. The molecule has 1 aromatic rings. The Morgan fingerprint density at radius 3 is 2.78 bits per heavy atom. The Labute approximate surface area is 110 Å². The summed E-state index contributed by atoms with van der Waals surface area (Å²) in [6, 6.07) is 7.60. The van der Waals surface area contributed by atoms with E-state index < -0.39 is 0 Å². The van der Waals surface area contributed by atoms with Crippen LogP contribution in [0, 0.1) is 5.41 Å². The Kier molecular flexibility index (Phi) is 2.95. The first-order valence-corrected chi connectivity index (χ1v) is 7.05. The van der Waals surface area contributed by atoms with Crippen molar-refractivity contribution in [1.29, 1.82) is 0 Å². The van der Waals surface area contributed by atoms with Crippen molar-refractivity contribution in [2.45, 2.75) is 52.4 Å². The van der Waals surface area contributed by atoms with E-state index in [0.29, 0.717) is 17.4 Å². The largest absolute Gasteiger partial charge is 0.372 e. The lowest BCUT2D eigenvalue weighted by Gasteiger charge is -2.53. The third-order valence-corrected chi connectivity index (χ3v) is 4.87. The van der Waals surface area contributed by atoms with E-state index in [9.17, 15) is 0 Å². The number of ether oxygens (including phenoxy) is 1. The molecule has 2 nitrogen and oxygen atoms in total. The summed E-state index contributed by atoms with van der Waals surface area (Å²) in [6.07, 6.45) is 1.26. The molecular formula is C16H23NO. The van der Waals surface area contributed by atoms with Gasteiger partial charge in [-0.05, 0) is 41.0 Å². The van der Waals surface area contributed by atoms with Gasteiger partial charge in [-0.1, -0.05) is 39.0 Å². The average molecular weight is 245 g/mol. The molecule has 2 aliphatic rings. The van der Waals surface area contributed by atoms with Gasteiger partial charge in [-0.25, -0.2) is 0 Å². The van der Waals surface area contributed by atoms with Crippen LogP contribution in [0.25, 0.3) is 0 Å². The molecule has 0 radical (unpaired) electrons. The van der Waals surface area contributed by atoms with Crippen molar-refractivity contribution in [2.75, 3.05) is 6.54 Å². The van der Waals surface area contributed by atoms with Crippen molar-refractivity contribution >= 4 is 0 Å². The molecule has 0 spiro atoms. The third kappa shape index (κ3) is 1.79. The lowest BCUT2D eigenvalue weighted by molar-refractivity contribution is 0.0705. The van der Waals surface area contributed by atoms with Crippen LogP contribution in [0.2, 0.25) is 0 Å². The van der Waals surface area contributed by atoms with Crippen LogP contribution < -0.4 is 5.32 Å². The summed E-state index contributed by atoms with van der Waals surface area (Å²) >= 11 is 0. The predicted octanol–water partition coefficient (Wildman–Crippen LogP) is 3.21. The predicted molar refractivity (Wildman–Crippen MR) is 73.5 cm³/mol. The molecule has 1 aromatic carbocycles. The molecule has 2 heteroatoms. The summed E-state index contributed by atoms with van der Waals surface area (Å²) in [5.74, 6) is 0.687. The van der Waals surface area contributed by atoms with E-state index in [2.05, 4.69) is 44.3 Å². The van der Waals surface area contributed by atoms with E-state index in [1.165, 1.54) is 23.1 Å². The molecule has 98 valence electrons. The van der Waals surface area contributed by atoms with Crippen molar-refractivity contribution in [2.24, 2.45) is 5.41 Å². The number of hydrogen-bond acceptors (Lipinski definition) is 2. The molecule has 1 fully saturated rings. The quantitative estimate of drug-likeness (QED) is 0.883. The van der Waals surface area contributed by atoms with Gasteiger partial charge in [0.05, 0.1) is 13.2 Å². The zero-order valence-corrected chi connectivity index (χ0v) is 11.6. The Morgan fingerprint density at radius 1 is 1.28 bits per heavy atom. The van der Waals surface area contributed by atoms with Gasteiger partial charge in [-0.2, -0.15) is 0 Å². The summed E-state index contributed by atoms with van der Waals surface area (Å²) in [7, 11) is 0. The van der Waals surface area contributed by atoms with Gasteiger partial charge in [0.25, 0.3) is 0 Å². The smallest absolute Gasteiger partial charge is 0.0725 e. The van der Waals surface area contributed by atoms with Crippen LogP contribution in [0.15, 0.2) is 18.2 Å². The van der Waals surface area contributed by atoms with E-state index in [1.54, 1.807) is 0 Å². The first-order valence-electron chi connectivity index (χ1n) is 7.05. The highest BCUT2D eigenvalue weighted by molar-refractivity contribution is 5.37. The SMILES string of the molecule is CCNC1CC(c2ccc3c(c2)COC3)C1(C)C. The van der Waals surface area contributed by atoms with Gasteiger partial charge in [-0.15, -0.1) is 0 Å². The van der Waals surface area contributed by atoms with E-state index in [4.69, 9.17) is 4.74 Å². The average Bonchev–Trinajstić information content (AvgIpc) is 2.81. The molecule has 0 saturated heterocycles. The minimum atomic E-state index is 0.365. The second-order valence-electron chi connectivity index (χ2n) is 6.24. The lowest BCUT2D eigenvalue weighted by Crippen LogP contribution is -2.55. The third-order valence-electron chi connectivity index (χ3n) is 4.87. The van der Waals surface area contributed by atoms with Crippen molar-refractivity contribution in [1.82, 2.24) is 5.32 Å². The molecular weight excluding hydrogens is 222 g/mol. The second-order valence-corrected chi connectivity index (χ2v) is 6.24. The van der Waals surface area contributed by atoms with Crippen molar-refractivity contribution in [3.8, 4) is 0 Å². The fraction of sp³-hybridized carbons (Fsp3) is 0.625. The maximum absolute atomic E-state index is 5.50. The van der Waals surface area contributed by atoms with Gasteiger partial charge in [0, 0.05) is 6.04 Å². The highest BCUT2D eigenvalue weighted by atomic mass is 16.5. The van der Waals surface area contributed by atoms with Gasteiger partial charge in [0.2, 0.25) is 0 Å². The molecule has 1 N–H and O–H groups in total. The van der Waals surface area contributed by atoms with Crippen molar-refractivity contribution in [3.05, 3.63) is 34.9 Å². The maximum Gasteiger partial charge on any atom is 0.0725 e. The standard InChI is InChI=1S/C16H23NO/c1-4-17-15-8-14(16(15,2)3)11-5-6-12-9-18-10-13(12)7-11/h5-7,14-15,17H,4,8-10H2,1-3H3. The van der Waals surface area contributed by atoms with Crippen molar-refractivity contribution < 1.29 is 4.74 Å². The van der Waals surface area contributed by atoms with E-state index in [-0.39, 0.29) is 0 Å². The van der Waals surface area contributed by atoms with Gasteiger partial charge in [0.15, 0.2) is 0 Å². The van der Waals surface area contributed by atoms with Crippen LogP contribution in [-0.2, 0) is 18.0 Å². The molecule has 0 bridgehead atoms. The van der Waals surface area contributed by atoms with Gasteiger partial charge >= 0.3 is 0 Å². The molecule has 2 unspecified atom stereocenters. The van der Waals surface area contributed by atoms with Crippen LogP contribution in [0.5, 0.6) is 0 Å². The Balaban J connectivity index is 1.80. The first kappa shape index (κ1) is 12.2. The molecule has 0 aromatic heterocycles. The minimum absolute atomic E-state index is 0.365. The first-order chi connectivity index (χ1) is 8.63. The molecule has 3 rings (SSSR count). The highest BCUT2D eigenvalue weighted by Gasteiger charge is 2.48. The van der Waals surface area contributed by atoms with E-state index in [0.717, 1.165) is 19.8 Å². The molecule has 1 aliphatic heterocycles. The fourth-order valence-corrected chi connectivity index (χ4v) is 3.49. The number of hydrogen-bond donors (Lipinski definition) is 1. The number of nitrogens with one attached hydrogen (secondary N) is 1. The Morgan fingerprint density at radius 2 is 2.06 bits per heavy atom. The van der Waals surface area contributed by atoms with E-state index in [1.807, 2.05) is 0 Å². The second kappa shape index (κ2) is 4.36. The molecule has 1 aliphatic carbocycles. The molecule has 2 atom stereocenters. The summed E-state index contributed by atoms with van der Waals surface area (Å²) in [4.78, 5) is 0. The molecule has 18 heavy (non-hydrogen) atoms. The summed E-state index contributed by atoms with van der Waals surface area (Å²) < 4.78 is 5.50. The highest BCUT2D eigenvalue weighted by Crippen LogP contribution is 2.52. The Hall–Kier alpha value is -0.860. The number of benzene rings is 1. The summed E-state index contributed by atoms with van der Waals surface area (Å²) in [5, 5.41) is 3.60. The van der Waals surface area contributed by atoms with Crippen LogP contribution in [0.3, 0.4) is 0 Å². The normalized spacial score (nSPS) is 28.8. The fourth-order valence-electron chi connectivity index (χ4n) is 3.49. The number of rotatable bonds is 3. The van der Waals surface area contributed by atoms with Crippen LogP contribution in [0.4, 0.5) is 0 Å². The van der Waals surface area contributed by atoms with Crippen LogP contribution in [-0.4, -0.2) is 12.6 Å². The Bertz CT molecular complexity index is 452. The lowest BCUT2D eigenvalue weighted by atomic mass is 9.56. The minimum Gasteiger partial charge on any atom is -0.372 e. The van der Waals surface area contributed by atoms with E-state index >= 15 is 0 Å². The zero-order chi connectivity index (χ0) is 12.8. The molecule has 0 amide bonds. The van der Waals surface area contributed by atoms with Crippen LogP contribution >= 0.6 is 0 Å². The number of fused-ring (bicyclic) bond motifs is 1. The topological polar surface area (TPSA) is 21.3 Å². The summed E-state index contributed by atoms with van der Waals surface area (Å²) in [6.45, 7) is 9.63. The maximum atomic E-state index is 5.50. The van der Waals surface area contributed by atoms with Crippen LogP contribution in [0.1, 0.15) is 49.8 Å². The van der Waals surface area contributed by atoms with Gasteiger partial charge in [0.1, 0.15) is 0 Å². The van der Waals surface area contributed by atoms with Gasteiger partial charge in [-0.3, -0.25) is 0 Å². The van der Waals surface area contributed by atoms with Crippen molar-refractivity contribution in [3.63, 3.8) is 0 Å². The van der Waals surface area contributed by atoms with Gasteiger partial charge < -0.3 is 10.1 Å².